The Kier molecular flexibility index (Phi) is 6.90. The average molecular weight is 411 g/mol. The van der Waals surface area contributed by atoms with Crippen molar-refractivity contribution in [3.05, 3.63) is 53.6 Å². The minimum absolute atomic E-state index is 0.0343. The zero-order valence-electron chi connectivity index (χ0n) is 17.3. The number of benzene rings is 2. The summed E-state index contributed by atoms with van der Waals surface area (Å²) >= 11 is 0. The van der Waals surface area contributed by atoms with E-state index in [0.717, 1.165) is 16.8 Å². The van der Waals surface area contributed by atoms with Gasteiger partial charge in [-0.05, 0) is 42.8 Å². The van der Waals surface area contributed by atoms with Crippen LogP contribution < -0.4 is 14.8 Å². The molecule has 0 aliphatic carbocycles. The Morgan fingerprint density at radius 3 is 2.47 bits per heavy atom. The van der Waals surface area contributed by atoms with Gasteiger partial charge in [-0.1, -0.05) is 12.1 Å². The quantitative estimate of drug-likeness (QED) is 0.749. The highest BCUT2D eigenvalue weighted by molar-refractivity contribution is 6.04. The van der Waals surface area contributed by atoms with Crippen LogP contribution in [-0.2, 0) is 16.1 Å². The summed E-state index contributed by atoms with van der Waals surface area (Å²) in [5.74, 6) is 1.22. The first kappa shape index (κ1) is 21.2. The maximum absolute atomic E-state index is 12.4. The number of hydrogen-bond donors (Lipinski definition) is 1. The summed E-state index contributed by atoms with van der Waals surface area (Å²) in [5.41, 5.74) is 3.22. The van der Waals surface area contributed by atoms with E-state index in [9.17, 15) is 9.59 Å². The number of hydrazone groups is 1. The lowest BCUT2D eigenvalue weighted by molar-refractivity contribution is -0.132. The maximum atomic E-state index is 12.4. The van der Waals surface area contributed by atoms with Crippen molar-refractivity contribution >= 4 is 23.4 Å². The highest BCUT2D eigenvalue weighted by Crippen LogP contribution is 2.29. The molecule has 0 radical (unpaired) electrons. The molecule has 0 saturated heterocycles. The molecule has 3 rings (SSSR count). The van der Waals surface area contributed by atoms with Gasteiger partial charge < -0.3 is 14.2 Å². The molecule has 0 bridgehead atoms. The van der Waals surface area contributed by atoms with E-state index in [1.165, 1.54) is 5.01 Å². The van der Waals surface area contributed by atoms with Crippen molar-refractivity contribution in [2.75, 3.05) is 26.1 Å². The molecule has 158 valence electrons. The Labute approximate surface area is 175 Å². The van der Waals surface area contributed by atoms with E-state index >= 15 is 0 Å². The lowest BCUT2D eigenvalue weighted by Gasteiger charge is -2.24. The fourth-order valence-corrected chi connectivity index (χ4v) is 3.10. The normalized spacial score (nSPS) is 13.5. The number of nitrogens with one attached hydrogen (secondary N) is 1. The Balaban J connectivity index is 1.74. The third-order valence-electron chi connectivity index (χ3n) is 4.63. The van der Waals surface area contributed by atoms with Crippen LogP contribution in [0.25, 0.3) is 0 Å². The molecule has 8 nitrogen and oxygen atoms in total. The van der Waals surface area contributed by atoms with Gasteiger partial charge in [-0.3, -0.25) is 10.1 Å². The van der Waals surface area contributed by atoms with Crippen LogP contribution in [0.1, 0.15) is 30.9 Å². The van der Waals surface area contributed by atoms with E-state index in [2.05, 4.69) is 10.4 Å². The Morgan fingerprint density at radius 1 is 1.07 bits per heavy atom. The highest BCUT2D eigenvalue weighted by Gasteiger charge is 2.22. The van der Waals surface area contributed by atoms with E-state index in [0.29, 0.717) is 43.2 Å². The van der Waals surface area contributed by atoms with Crippen molar-refractivity contribution in [1.82, 2.24) is 5.01 Å². The number of ether oxygens (including phenoxy) is 3. The number of carbonyl (C=O) groups is 2. The van der Waals surface area contributed by atoms with Crippen LogP contribution in [0.3, 0.4) is 0 Å². The fourth-order valence-electron chi connectivity index (χ4n) is 3.10. The van der Waals surface area contributed by atoms with Gasteiger partial charge in [-0.2, -0.15) is 5.10 Å². The third-order valence-corrected chi connectivity index (χ3v) is 4.63. The molecule has 0 aromatic heterocycles. The number of methoxy groups -OCH3 is 2. The fraction of sp³-hybridized carbons (Fsp3) is 0.318. The molecule has 0 unspecified atom stereocenters. The van der Waals surface area contributed by atoms with Gasteiger partial charge in [-0.15, -0.1) is 0 Å². The minimum atomic E-state index is -0.499. The van der Waals surface area contributed by atoms with Crippen molar-refractivity contribution < 1.29 is 23.8 Å². The van der Waals surface area contributed by atoms with Gasteiger partial charge in [0, 0.05) is 24.1 Å². The van der Waals surface area contributed by atoms with E-state index in [1.807, 2.05) is 30.3 Å². The van der Waals surface area contributed by atoms with Crippen LogP contribution in [0.2, 0.25) is 0 Å². The molecule has 1 heterocycles. The Hall–Kier alpha value is -3.55. The van der Waals surface area contributed by atoms with Gasteiger partial charge in [0.05, 0.1) is 33.1 Å². The van der Waals surface area contributed by atoms with Crippen molar-refractivity contribution in [1.29, 1.82) is 0 Å². The molecule has 0 saturated carbocycles. The summed E-state index contributed by atoms with van der Waals surface area (Å²) in [6, 6.07) is 12.8. The molecule has 8 heteroatoms. The van der Waals surface area contributed by atoms with E-state index in [1.54, 1.807) is 33.3 Å². The summed E-state index contributed by atoms with van der Waals surface area (Å²) in [6.45, 7) is 2.39. The summed E-state index contributed by atoms with van der Waals surface area (Å²) in [5, 5.41) is 8.68. The molecule has 2 amide bonds. The number of rotatable bonds is 7. The molecular weight excluding hydrogens is 386 g/mol. The zero-order valence-corrected chi connectivity index (χ0v) is 17.3. The molecular formula is C22H25N3O5. The standard InChI is InChI=1S/C22H25N3O5/c1-4-30-22(27)23-17-8-5-15(6-9-17)14-25-21(26)12-10-18(24-25)16-7-11-19(28-2)20(13-16)29-3/h5-9,11,13H,4,10,12,14H2,1-3H3,(H,23,27). The summed E-state index contributed by atoms with van der Waals surface area (Å²) in [6.07, 6.45) is 0.448. The van der Waals surface area contributed by atoms with Gasteiger partial charge in [-0.25, -0.2) is 9.80 Å². The molecule has 1 aliphatic heterocycles. The molecule has 0 fully saturated rings. The van der Waals surface area contributed by atoms with Crippen LogP contribution >= 0.6 is 0 Å². The van der Waals surface area contributed by atoms with Crippen LogP contribution in [0.4, 0.5) is 10.5 Å². The van der Waals surface area contributed by atoms with Crippen LogP contribution in [0, 0.1) is 0 Å². The maximum Gasteiger partial charge on any atom is 0.411 e. The SMILES string of the molecule is CCOC(=O)Nc1ccc(CN2N=C(c3ccc(OC)c(OC)c3)CCC2=O)cc1. The van der Waals surface area contributed by atoms with Gasteiger partial charge in [0.2, 0.25) is 5.91 Å². The molecule has 2 aromatic rings. The second-order valence-electron chi connectivity index (χ2n) is 6.61. The first-order chi connectivity index (χ1) is 14.5. The summed E-state index contributed by atoms with van der Waals surface area (Å²) in [4.78, 5) is 23.9. The summed E-state index contributed by atoms with van der Waals surface area (Å²) < 4.78 is 15.5. The van der Waals surface area contributed by atoms with E-state index in [4.69, 9.17) is 14.2 Å². The molecule has 2 aromatic carbocycles. The van der Waals surface area contributed by atoms with Gasteiger partial charge in [0.1, 0.15) is 0 Å². The summed E-state index contributed by atoms with van der Waals surface area (Å²) in [7, 11) is 3.17. The van der Waals surface area contributed by atoms with Gasteiger partial charge in [0.25, 0.3) is 0 Å². The Bertz CT molecular complexity index is 940. The number of carbonyl (C=O) groups excluding carboxylic acids is 2. The topological polar surface area (TPSA) is 89.5 Å². The Morgan fingerprint density at radius 2 is 1.80 bits per heavy atom. The first-order valence-corrected chi connectivity index (χ1v) is 9.67. The van der Waals surface area contributed by atoms with E-state index in [-0.39, 0.29) is 5.91 Å². The lowest BCUT2D eigenvalue weighted by Crippen LogP contribution is -2.31. The van der Waals surface area contributed by atoms with Crippen LogP contribution in [0.5, 0.6) is 11.5 Å². The third kappa shape index (κ3) is 5.08. The molecule has 30 heavy (non-hydrogen) atoms. The van der Waals surface area contributed by atoms with Gasteiger partial charge in [0.15, 0.2) is 11.5 Å². The monoisotopic (exact) mass is 411 g/mol. The first-order valence-electron chi connectivity index (χ1n) is 9.67. The van der Waals surface area contributed by atoms with Crippen molar-refractivity contribution in [2.24, 2.45) is 5.10 Å². The average Bonchev–Trinajstić information content (AvgIpc) is 2.76. The van der Waals surface area contributed by atoms with Crippen molar-refractivity contribution in [3.63, 3.8) is 0 Å². The molecule has 1 aliphatic rings. The zero-order chi connectivity index (χ0) is 21.5. The highest BCUT2D eigenvalue weighted by atomic mass is 16.5. The van der Waals surface area contributed by atoms with E-state index < -0.39 is 6.09 Å². The number of nitrogens with zero attached hydrogens (tertiary/aromatic N) is 2. The minimum Gasteiger partial charge on any atom is -0.493 e. The second-order valence-corrected chi connectivity index (χ2v) is 6.61. The largest absolute Gasteiger partial charge is 0.493 e. The van der Waals surface area contributed by atoms with Gasteiger partial charge >= 0.3 is 6.09 Å². The van der Waals surface area contributed by atoms with Crippen molar-refractivity contribution in [2.45, 2.75) is 26.3 Å². The predicted octanol–water partition coefficient (Wildman–Crippen LogP) is 3.80. The van der Waals surface area contributed by atoms with Crippen molar-refractivity contribution in [3.8, 4) is 11.5 Å². The number of hydrogen-bond acceptors (Lipinski definition) is 6. The predicted molar refractivity (Wildman–Crippen MR) is 113 cm³/mol. The number of anilines is 1. The number of amides is 2. The van der Waals surface area contributed by atoms with Crippen LogP contribution in [-0.4, -0.2) is 43.5 Å². The second kappa shape index (κ2) is 9.78. The smallest absolute Gasteiger partial charge is 0.411 e. The molecule has 0 atom stereocenters. The molecule has 1 N–H and O–H groups in total. The van der Waals surface area contributed by atoms with Crippen LogP contribution in [0.15, 0.2) is 47.6 Å². The lowest BCUT2D eigenvalue weighted by atomic mass is 10.0. The molecule has 0 spiro atoms.